The molecule has 2 rings (SSSR count). The van der Waals surface area contributed by atoms with Crippen LogP contribution in [0, 0.1) is 6.92 Å². The Balaban J connectivity index is 2.05. The zero-order chi connectivity index (χ0) is 17.9. The van der Waals surface area contributed by atoms with Gasteiger partial charge < -0.3 is 5.32 Å². The second-order valence-electron chi connectivity index (χ2n) is 4.56. The Hall–Kier alpha value is -2.07. The van der Waals surface area contributed by atoms with Crippen LogP contribution in [0.25, 0.3) is 0 Å². The summed E-state index contributed by atoms with van der Waals surface area (Å²) in [6, 6.07) is 3.07. The van der Waals surface area contributed by atoms with Crippen molar-refractivity contribution in [3.63, 3.8) is 0 Å². The first-order chi connectivity index (χ1) is 11.2. The summed E-state index contributed by atoms with van der Waals surface area (Å²) in [4.78, 5) is 26.6. The molecule has 0 radical (unpaired) electrons. The van der Waals surface area contributed by atoms with Crippen LogP contribution in [0.4, 0.5) is 18.9 Å². The second kappa shape index (κ2) is 7.22. The highest BCUT2D eigenvalue weighted by Gasteiger charge is 2.33. The minimum atomic E-state index is -4.62. The number of aryl methyl sites for hydroxylation is 1. The highest BCUT2D eigenvalue weighted by atomic mass is 35.5. The quantitative estimate of drug-likeness (QED) is 0.799. The fourth-order valence-corrected chi connectivity index (χ4v) is 2.63. The van der Waals surface area contributed by atoms with Gasteiger partial charge in [-0.15, -0.1) is 0 Å². The van der Waals surface area contributed by atoms with Crippen molar-refractivity contribution in [3.8, 4) is 0 Å². The lowest BCUT2D eigenvalue weighted by atomic mass is 10.2. The largest absolute Gasteiger partial charge is 0.417 e. The predicted octanol–water partition coefficient (Wildman–Crippen LogP) is 2.88. The number of thioether (sulfide) groups is 1. The average molecular weight is 379 g/mol. The van der Waals surface area contributed by atoms with E-state index in [9.17, 15) is 22.8 Å². The Morgan fingerprint density at radius 3 is 2.79 bits per heavy atom. The first-order valence-electron chi connectivity index (χ1n) is 6.39. The summed E-state index contributed by atoms with van der Waals surface area (Å²) in [6.07, 6.45) is -4.62. The molecule has 1 amide bonds. The highest BCUT2D eigenvalue weighted by molar-refractivity contribution is 8.00. The molecule has 6 nitrogen and oxygen atoms in total. The maximum absolute atomic E-state index is 12.8. The van der Waals surface area contributed by atoms with Crippen molar-refractivity contribution in [1.82, 2.24) is 15.2 Å². The van der Waals surface area contributed by atoms with Gasteiger partial charge in [-0.1, -0.05) is 23.4 Å². The molecule has 11 heteroatoms. The number of carbonyl (C=O) groups is 1. The van der Waals surface area contributed by atoms with Gasteiger partial charge in [0, 0.05) is 5.69 Å². The van der Waals surface area contributed by atoms with Gasteiger partial charge in [-0.05, 0) is 25.1 Å². The second-order valence-corrected chi connectivity index (χ2v) is 5.93. The molecule has 1 aromatic carbocycles. The van der Waals surface area contributed by atoms with Gasteiger partial charge in [-0.2, -0.15) is 23.3 Å². The average Bonchev–Trinajstić information content (AvgIpc) is 2.49. The highest BCUT2D eigenvalue weighted by Crippen LogP contribution is 2.36. The maximum Gasteiger partial charge on any atom is 0.417 e. The molecule has 24 heavy (non-hydrogen) atoms. The fraction of sp³-hybridized carbons (Fsp3) is 0.231. The first-order valence-corrected chi connectivity index (χ1v) is 7.76. The van der Waals surface area contributed by atoms with Crippen molar-refractivity contribution in [2.45, 2.75) is 18.1 Å². The Kier molecular flexibility index (Phi) is 5.50. The predicted molar refractivity (Wildman–Crippen MR) is 83.2 cm³/mol. The van der Waals surface area contributed by atoms with Gasteiger partial charge in [-0.25, -0.2) is 9.89 Å². The topological polar surface area (TPSA) is 87.7 Å². The van der Waals surface area contributed by atoms with E-state index in [2.05, 4.69) is 20.5 Å². The molecule has 0 aliphatic heterocycles. The minimum Gasteiger partial charge on any atom is -0.325 e. The molecule has 0 aliphatic rings. The van der Waals surface area contributed by atoms with Crippen LogP contribution in [0.2, 0.25) is 5.02 Å². The SMILES string of the molecule is Cc1n[nH]c(=O)nc1SCC(=O)Nc1ccc(Cl)c(C(F)(F)F)c1. The number of anilines is 1. The van der Waals surface area contributed by atoms with Crippen molar-refractivity contribution in [2.75, 3.05) is 11.1 Å². The number of aromatic amines is 1. The van der Waals surface area contributed by atoms with Gasteiger partial charge in [0.15, 0.2) is 0 Å². The molecular weight excluding hydrogens is 369 g/mol. The summed E-state index contributed by atoms with van der Waals surface area (Å²) in [5, 5.41) is 7.98. The van der Waals surface area contributed by atoms with Gasteiger partial charge in [0.1, 0.15) is 5.03 Å². The lowest BCUT2D eigenvalue weighted by Gasteiger charge is -2.11. The summed E-state index contributed by atoms with van der Waals surface area (Å²) < 4.78 is 38.3. The maximum atomic E-state index is 12.8. The Bertz CT molecular complexity index is 826. The number of nitrogens with zero attached hydrogens (tertiary/aromatic N) is 2. The van der Waals surface area contributed by atoms with Crippen LogP contribution in [-0.4, -0.2) is 26.8 Å². The molecule has 0 fully saturated rings. The number of nitrogens with one attached hydrogen (secondary N) is 2. The van der Waals surface area contributed by atoms with Gasteiger partial charge in [0.05, 0.1) is 22.0 Å². The number of hydrogen-bond donors (Lipinski definition) is 2. The molecule has 1 heterocycles. The smallest absolute Gasteiger partial charge is 0.325 e. The van der Waals surface area contributed by atoms with E-state index in [1.54, 1.807) is 6.92 Å². The van der Waals surface area contributed by atoms with E-state index in [0.29, 0.717) is 5.69 Å². The van der Waals surface area contributed by atoms with E-state index in [-0.39, 0.29) is 16.5 Å². The number of halogens is 4. The van der Waals surface area contributed by atoms with E-state index < -0.39 is 28.4 Å². The zero-order valence-corrected chi connectivity index (χ0v) is 13.6. The van der Waals surface area contributed by atoms with Crippen molar-refractivity contribution in [1.29, 1.82) is 0 Å². The third-order valence-electron chi connectivity index (χ3n) is 2.73. The number of carbonyl (C=O) groups excluding carboxylic acids is 1. The third-order valence-corrected chi connectivity index (χ3v) is 4.12. The van der Waals surface area contributed by atoms with E-state index in [1.165, 1.54) is 6.07 Å². The molecule has 0 bridgehead atoms. The van der Waals surface area contributed by atoms with Crippen LogP contribution in [0.1, 0.15) is 11.3 Å². The molecular formula is C13H10ClF3N4O2S. The van der Waals surface area contributed by atoms with Crippen LogP contribution < -0.4 is 11.0 Å². The number of amides is 1. The number of aromatic nitrogens is 3. The zero-order valence-electron chi connectivity index (χ0n) is 12.1. The molecule has 0 saturated carbocycles. The first kappa shape index (κ1) is 18.3. The van der Waals surface area contributed by atoms with Crippen molar-refractivity contribution >= 4 is 35.0 Å². The molecule has 0 saturated heterocycles. The number of alkyl halides is 3. The molecule has 1 aromatic heterocycles. The van der Waals surface area contributed by atoms with Gasteiger partial charge >= 0.3 is 11.9 Å². The van der Waals surface area contributed by atoms with E-state index in [0.717, 1.165) is 23.9 Å². The summed E-state index contributed by atoms with van der Waals surface area (Å²) in [7, 11) is 0. The lowest BCUT2D eigenvalue weighted by molar-refractivity contribution is -0.137. The summed E-state index contributed by atoms with van der Waals surface area (Å²) >= 11 is 6.45. The molecule has 128 valence electrons. The van der Waals surface area contributed by atoms with Crippen LogP contribution in [0.5, 0.6) is 0 Å². The lowest BCUT2D eigenvalue weighted by Crippen LogP contribution is -2.17. The van der Waals surface area contributed by atoms with Gasteiger partial charge in [0.25, 0.3) is 0 Å². The number of hydrogen-bond acceptors (Lipinski definition) is 5. The van der Waals surface area contributed by atoms with Crippen molar-refractivity contribution < 1.29 is 18.0 Å². The summed E-state index contributed by atoms with van der Waals surface area (Å²) in [5.41, 5.74) is -1.30. The Morgan fingerprint density at radius 2 is 2.12 bits per heavy atom. The molecule has 0 aliphatic carbocycles. The van der Waals surface area contributed by atoms with Gasteiger partial charge in [-0.3, -0.25) is 4.79 Å². The standard InChI is InChI=1S/C13H10ClF3N4O2S/c1-6-11(19-12(23)21-20-6)24-5-10(22)18-7-2-3-9(14)8(4-7)13(15,16)17/h2-4H,5H2,1H3,(H,18,22)(H,19,21,23). The fourth-order valence-electron chi connectivity index (χ4n) is 1.67. The van der Waals surface area contributed by atoms with Crippen LogP contribution in [0.15, 0.2) is 28.0 Å². The summed E-state index contributed by atoms with van der Waals surface area (Å²) in [6.45, 7) is 1.60. The van der Waals surface area contributed by atoms with Gasteiger partial charge in [0.2, 0.25) is 5.91 Å². The third kappa shape index (κ3) is 4.71. The van der Waals surface area contributed by atoms with Crippen molar-refractivity contribution in [3.05, 3.63) is 45.0 Å². The Morgan fingerprint density at radius 1 is 1.42 bits per heavy atom. The minimum absolute atomic E-state index is 0.0361. The summed E-state index contributed by atoms with van der Waals surface area (Å²) in [5.74, 6) is -0.708. The molecule has 2 aromatic rings. The molecule has 2 N–H and O–H groups in total. The molecule has 0 spiro atoms. The van der Waals surface area contributed by atoms with Crippen LogP contribution in [-0.2, 0) is 11.0 Å². The van der Waals surface area contributed by atoms with Crippen LogP contribution >= 0.6 is 23.4 Å². The van der Waals surface area contributed by atoms with E-state index in [4.69, 9.17) is 11.6 Å². The number of H-pyrrole nitrogens is 1. The molecule has 0 unspecified atom stereocenters. The molecule has 0 atom stereocenters. The Labute approximate surface area is 142 Å². The monoisotopic (exact) mass is 378 g/mol. The number of benzene rings is 1. The van der Waals surface area contributed by atoms with Crippen molar-refractivity contribution in [2.24, 2.45) is 0 Å². The van der Waals surface area contributed by atoms with Crippen LogP contribution in [0.3, 0.4) is 0 Å². The normalized spacial score (nSPS) is 11.4. The van der Waals surface area contributed by atoms with E-state index in [1.807, 2.05) is 0 Å². The number of rotatable bonds is 4. The van der Waals surface area contributed by atoms with E-state index >= 15 is 0 Å².